The average molecular weight is 416 g/mol. The van der Waals surface area contributed by atoms with Gasteiger partial charge in [0.15, 0.2) is 11.8 Å². The van der Waals surface area contributed by atoms with Crippen molar-refractivity contribution in [3.05, 3.63) is 41.5 Å². The summed E-state index contributed by atoms with van der Waals surface area (Å²) in [6.07, 6.45) is 1.87. The summed E-state index contributed by atoms with van der Waals surface area (Å²) in [7, 11) is 7.53. The number of fused-ring (bicyclic) bond motifs is 1. The molecular weight excluding hydrogens is 382 g/mol. The molecule has 0 aliphatic carbocycles. The summed E-state index contributed by atoms with van der Waals surface area (Å²) < 4.78 is 13.1. The highest BCUT2D eigenvalue weighted by Gasteiger charge is 2.22. The van der Waals surface area contributed by atoms with Crippen molar-refractivity contribution in [1.82, 2.24) is 30.3 Å². The van der Waals surface area contributed by atoms with E-state index < -0.39 is 0 Å². The van der Waals surface area contributed by atoms with Gasteiger partial charge in [-0.05, 0) is 26.6 Å². The molecule has 1 atom stereocenters. The minimum absolute atomic E-state index is 0.243. The summed E-state index contributed by atoms with van der Waals surface area (Å²) in [5.74, 6) is 3.43. The molecule has 1 aromatic heterocycles. The number of rotatable bonds is 9. The molecule has 0 fully saturated rings. The number of guanidine groups is 1. The number of aromatic nitrogens is 3. The van der Waals surface area contributed by atoms with Gasteiger partial charge in [0.1, 0.15) is 24.8 Å². The van der Waals surface area contributed by atoms with E-state index in [-0.39, 0.29) is 6.04 Å². The molecule has 0 saturated carbocycles. The molecule has 1 aromatic carbocycles. The highest BCUT2D eigenvalue weighted by atomic mass is 16.5. The lowest BCUT2D eigenvalue weighted by Gasteiger charge is -2.25. The van der Waals surface area contributed by atoms with Gasteiger partial charge in [0.25, 0.3) is 0 Å². The minimum atomic E-state index is 0.243. The van der Waals surface area contributed by atoms with E-state index in [0.29, 0.717) is 19.8 Å². The zero-order chi connectivity index (χ0) is 21.3. The highest BCUT2D eigenvalue weighted by molar-refractivity contribution is 5.80. The van der Waals surface area contributed by atoms with Crippen LogP contribution in [0, 0.1) is 0 Å². The van der Waals surface area contributed by atoms with Crippen LogP contribution in [0.3, 0.4) is 0 Å². The van der Waals surface area contributed by atoms with Crippen molar-refractivity contribution < 1.29 is 9.47 Å². The van der Waals surface area contributed by atoms with Gasteiger partial charge in [-0.1, -0.05) is 18.2 Å². The molecule has 1 unspecified atom stereocenters. The number of hydrogen-bond donors (Lipinski definition) is 2. The zero-order valence-corrected chi connectivity index (χ0v) is 18.4. The smallest absolute Gasteiger partial charge is 0.191 e. The summed E-state index contributed by atoms with van der Waals surface area (Å²) in [5, 5.41) is 11.4. The van der Waals surface area contributed by atoms with Crippen molar-refractivity contribution in [2.24, 2.45) is 4.99 Å². The van der Waals surface area contributed by atoms with Gasteiger partial charge >= 0.3 is 0 Å². The third-order valence-electron chi connectivity index (χ3n) is 4.95. The van der Waals surface area contributed by atoms with Gasteiger partial charge in [0, 0.05) is 45.3 Å². The summed E-state index contributed by atoms with van der Waals surface area (Å²) in [6, 6.07) is 8.35. The molecule has 3 rings (SSSR count). The monoisotopic (exact) mass is 415 g/mol. The predicted molar refractivity (Wildman–Crippen MR) is 117 cm³/mol. The number of ether oxygens (including phenoxy) is 2. The number of para-hydroxylation sites is 1. The number of aliphatic imine (C=N–C) groups is 1. The molecule has 9 heteroatoms. The van der Waals surface area contributed by atoms with Crippen LogP contribution in [0.2, 0.25) is 0 Å². The molecule has 0 amide bonds. The van der Waals surface area contributed by atoms with Crippen LogP contribution >= 0.6 is 0 Å². The van der Waals surface area contributed by atoms with Crippen molar-refractivity contribution in [1.29, 1.82) is 0 Å². The second-order valence-corrected chi connectivity index (χ2v) is 7.62. The Kier molecular flexibility index (Phi) is 8.04. The Morgan fingerprint density at radius 2 is 2.17 bits per heavy atom. The normalized spacial score (nSPS) is 16.4. The SMILES string of the molecule is CN=C(NCc1ccccc1OCCN(C)C)NC1CCc2nc(COC)nn2C1. The van der Waals surface area contributed by atoms with E-state index in [0.717, 1.165) is 54.9 Å². The van der Waals surface area contributed by atoms with Gasteiger partial charge < -0.3 is 25.0 Å². The van der Waals surface area contributed by atoms with E-state index in [4.69, 9.17) is 9.47 Å². The standard InChI is InChI=1S/C21H33N7O2/c1-22-21(23-13-16-7-5-6-8-18(16)30-12-11-27(2)3)24-17-9-10-20-25-19(15-29-4)26-28(20)14-17/h5-8,17H,9-15H2,1-4H3,(H2,22,23,24). The lowest BCUT2D eigenvalue weighted by Crippen LogP contribution is -2.46. The van der Waals surface area contributed by atoms with Crippen LogP contribution in [-0.4, -0.2) is 73.1 Å². The first-order valence-electron chi connectivity index (χ1n) is 10.3. The molecule has 2 aromatic rings. The van der Waals surface area contributed by atoms with Crippen molar-refractivity contribution in [2.75, 3.05) is 41.4 Å². The minimum Gasteiger partial charge on any atom is -0.492 e. The fraction of sp³-hybridized carbons (Fsp3) is 0.571. The van der Waals surface area contributed by atoms with Crippen LogP contribution in [0.5, 0.6) is 5.75 Å². The molecule has 9 nitrogen and oxygen atoms in total. The topological polar surface area (TPSA) is 88.8 Å². The Hall–Kier alpha value is -2.65. The summed E-state index contributed by atoms with van der Waals surface area (Å²) in [4.78, 5) is 11.0. The average Bonchev–Trinajstić information content (AvgIpc) is 3.13. The number of nitrogens with zero attached hydrogens (tertiary/aromatic N) is 5. The molecule has 1 aliphatic heterocycles. The maximum Gasteiger partial charge on any atom is 0.191 e. The Bertz CT molecular complexity index is 835. The van der Waals surface area contributed by atoms with E-state index in [1.165, 1.54) is 0 Å². The van der Waals surface area contributed by atoms with Crippen LogP contribution in [0.15, 0.2) is 29.3 Å². The number of aryl methyl sites for hydroxylation is 1. The zero-order valence-electron chi connectivity index (χ0n) is 18.4. The third-order valence-corrected chi connectivity index (χ3v) is 4.95. The van der Waals surface area contributed by atoms with E-state index >= 15 is 0 Å². The molecule has 2 N–H and O–H groups in total. The van der Waals surface area contributed by atoms with Crippen molar-refractivity contribution in [3.63, 3.8) is 0 Å². The first kappa shape index (κ1) is 22.0. The molecule has 0 bridgehead atoms. The van der Waals surface area contributed by atoms with E-state index in [2.05, 4.69) is 36.7 Å². The summed E-state index contributed by atoms with van der Waals surface area (Å²) in [6.45, 7) is 3.37. The molecule has 0 radical (unpaired) electrons. The van der Waals surface area contributed by atoms with Gasteiger partial charge in [-0.2, -0.15) is 5.10 Å². The maximum absolute atomic E-state index is 5.95. The van der Waals surface area contributed by atoms with E-state index in [1.54, 1.807) is 14.2 Å². The van der Waals surface area contributed by atoms with Gasteiger partial charge in [-0.3, -0.25) is 4.99 Å². The molecule has 0 spiro atoms. The largest absolute Gasteiger partial charge is 0.492 e. The van der Waals surface area contributed by atoms with Crippen LogP contribution in [0.1, 0.15) is 23.6 Å². The lowest BCUT2D eigenvalue weighted by atomic mass is 10.1. The maximum atomic E-state index is 5.95. The molecule has 0 saturated heterocycles. The molecular formula is C21H33N7O2. The van der Waals surface area contributed by atoms with Crippen molar-refractivity contribution >= 4 is 5.96 Å². The van der Waals surface area contributed by atoms with Gasteiger partial charge in [-0.15, -0.1) is 0 Å². The van der Waals surface area contributed by atoms with E-state index in [9.17, 15) is 0 Å². The lowest BCUT2D eigenvalue weighted by molar-refractivity contribution is 0.177. The number of methoxy groups -OCH3 is 1. The van der Waals surface area contributed by atoms with Crippen LogP contribution in [-0.2, 0) is 30.9 Å². The second-order valence-electron chi connectivity index (χ2n) is 7.62. The Morgan fingerprint density at radius 3 is 2.93 bits per heavy atom. The first-order valence-corrected chi connectivity index (χ1v) is 10.3. The third kappa shape index (κ3) is 6.17. The summed E-state index contributed by atoms with van der Waals surface area (Å²) >= 11 is 0. The summed E-state index contributed by atoms with van der Waals surface area (Å²) in [5.41, 5.74) is 1.10. The van der Waals surface area contributed by atoms with Gasteiger partial charge in [-0.25, -0.2) is 9.67 Å². The number of likely N-dealkylation sites (N-methyl/N-ethyl adjacent to an activating group) is 1. The number of benzene rings is 1. The van der Waals surface area contributed by atoms with Gasteiger partial charge in [0.2, 0.25) is 0 Å². The van der Waals surface area contributed by atoms with Gasteiger partial charge in [0.05, 0.1) is 6.54 Å². The quantitative estimate of drug-likeness (QED) is 0.467. The Balaban J connectivity index is 1.53. The van der Waals surface area contributed by atoms with Crippen molar-refractivity contribution in [2.45, 2.75) is 38.6 Å². The molecule has 30 heavy (non-hydrogen) atoms. The fourth-order valence-electron chi connectivity index (χ4n) is 3.36. The number of hydrogen-bond acceptors (Lipinski definition) is 6. The van der Waals surface area contributed by atoms with Crippen LogP contribution in [0.25, 0.3) is 0 Å². The molecule has 164 valence electrons. The van der Waals surface area contributed by atoms with Crippen molar-refractivity contribution in [3.8, 4) is 5.75 Å². The van der Waals surface area contributed by atoms with E-state index in [1.807, 2.05) is 37.0 Å². The molecule has 2 heterocycles. The Morgan fingerprint density at radius 1 is 1.33 bits per heavy atom. The fourth-order valence-corrected chi connectivity index (χ4v) is 3.36. The predicted octanol–water partition coefficient (Wildman–Crippen LogP) is 1.04. The van der Waals surface area contributed by atoms with Crippen LogP contribution < -0.4 is 15.4 Å². The highest BCUT2D eigenvalue weighted by Crippen LogP contribution is 2.18. The second kappa shape index (κ2) is 10.9. The number of nitrogens with one attached hydrogen (secondary N) is 2. The Labute approximate surface area is 178 Å². The van der Waals surface area contributed by atoms with Crippen LogP contribution in [0.4, 0.5) is 0 Å². The first-order chi connectivity index (χ1) is 14.6. The molecule has 1 aliphatic rings.